The van der Waals surface area contributed by atoms with Crippen LogP contribution in [0.3, 0.4) is 0 Å². The minimum Gasteiger partial charge on any atom is -0.294 e. The molecule has 1 aromatic rings. The van der Waals surface area contributed by atoms with E-state index in [-0.39, 0.29) is 0 Å². The molecule has 0 radical (unpaired) electrons. The molecule has 0 spiro atoms. The maximum absolute atomic E-state index is 4.25. The molecule has 0 saturated heterocycles. The van der Waals surface area contributed by atoms with Crippen LogP contribution in [0.1, 0.15) is 33.3 Å². The molecule has 2 nitrogen and oxygen atoms in total. The van der Waals surface area contributed by atoms with Crippen LogP contribution < -0.4 is 0 Å². The number of nitrogens with zero attached hydrogens (tertiary/aromatic N) is 2. The van der Waals surface area contributed by atoms with Gasteiger partial charge in [-0.05, 0) is 77.3 Å². The molecule has 90 valence electrons. The van der Waals surface area contributed by atoms with Crippen molar-refractivity contribution in [1.29, 1.82) is 0 Å². The molecular formula is C12H18Br2N2. The van der Waals surface area contributed by atoms with Crippen molar-refractivity contribution < 1.29 is 0 Å². The van der Waals surface area contributed by atoms with Crippen molar-refractivity contribution in [3.8, 4) is 0 Å². The molecule has 0 N–H and O–H groups in total. The third-order valence-electron chi connectivity index (χ3n) is 2.51. The van der Waals surface area contributed by atoms with Gasteiger partial charge in [0.1, 0.15) is 9.21 Å². The zero-order valence-electron chi connectivity index (χ0n) is 10.2. The van der Waals surface area contributed by atoms with Gasteiger partial charge < -0.3 is 0 Å². The van der Waals surface area contributed by atoms with Crippen LogP contribution in [-0.2, 0) is 6.54 Å². The zero-order valence-corrected chi connectivity index (χ0v) is 13.3. The van der Waals surface area contributed by atoms with Gasteiger partial charge in [0.2, 0.25) is 0 Å². The lowest BCUT2D eigenvalue weighted by atomic mass is 10.2. The first-order valence-corrected chi connectivity index (χ1v) is 7.06. The normalized spacial score (nSPS) is 11.8. The van der Waals surface area contributed by atoms with E-state index >= 15 is 0 Å². The first-order chi connectivity index (χ1) is 7.40. The van der Waals surface area contributed by atoms with Gasteiger partial charge in [-0.3, -0.25) is 4.90 Å². The van der Waals surface area contributed by atoms with Crippen LogP contribution in [0.4, 0.5) is 0 Å². The Morgan fingerprint density at radius 1 is 1.06 bits per heavy atom. The Hall–Kier alpha value is 0.0700. The van der Waals surface area contributed by atoms with Crippen molar-refractivity contribution in [2.75, 3.05) is 0 Å². The molecule has 16 heavy (non-hydrogen) atoms. The Bertz CT molecular complexity index is 323. The molecule has 1 rings (SSSR count). The highest BCUT2D eigenvalue weighted by Crippen LogP contribution is 2.19. The summed E-state index contributed by atoms with van der Waals surface area (Å²) in [5.74, 6) is 0. The van der Waals surface area contributed by atoms with Gasteiger partial charge in [0.15, 0.2) is 0 Å². The highest BCUT2D eigenvalue weighted by Gasteiger charge is 2.14. The van der Waals surface area contributed by atoms with E-state index in [0.29, 0.717) is 12.1 Å². The summed E-state index contributed by atoms with van der Waals surface area (Å²) in [5.41, 5.74) is 1.27. The fraction of sp³-hybridized carbons (Fsp3) is 0.583. The van der Waals surface area contributed by atoms with Crippen LogP contribution in [0.5, 0.6) is 0 Å². The minimum atomic E-state index is 0.547. The lowest BCUT2D eigenvalue weighted by Gasteiger charge is -2.30. The summed E-state index contributed by atoms with van der Waals surface area (Å²) in [6.07, 6.45) is 0. The molecule has 1 heterocycles. The van der Waals surface area contributed by atoms with E-state index in [0.717, 1.165) is 15.8 Å². The van der Waals surface area contributed by atoms with Crippen molar-refractivity contribution in [3.05, 3.63) is 26.9 Å². The van der Waals surface area contributed by atoms with E-state index in [1.807, 2.05) is 0 Å². The van der Waals surface area contributed by atoms with Crippen LogP contribution >= 0.6 is 31.9 Å². The molecule has 0 aliphatic carbocycles. The highest BCUT2D eigenvalue weighted by molar-refractivity contribution is 9.11. The predicted octanol–water partition coefficient (Wildman–Crippen LogP) is 4.23. The van der Waals surface area contributed by atoms with Gasteiger partial charge in [0.25, 0.3) is 0 Å². The third kappa shape index (κ3) is 4.15. The first kappa shape index (κ1) is 14.1. The second-order valence-corrected chi connectivity index (χ2v) is 6.11. The minimum absolute atomic E-state index is 0.547. The summed E-state index contributed by atoms with van der Waals surface area (Å²) in [5, 5.41) is 0. The van der Waals surface area contributed by atoms with Crippen molar-refractivity contribution >= 4 is 31.9 Å². The lowest BCUT2D eigenvalue weighted by Crippen LogP contribution is -2.36. The van der Waals surface area contributed by atoms with Crippen molar-refractivity contribution in [3.63, 3.8) is 0 Å². The number of hydrogen-bond acceptors (Lipinski definition) is 2. The molecule has 0 amide bonds. The molecule has 0 unspecified atom stereocenters. The van der Waals surface area contributed by atoms with E-state index in [4.69, 9.17) is 0 Å². The van der Waals surface area contributed by atoms with Crippen LogP contribution in [0.15, 0.2) is 21.3 Å². The van der Waals surface area contributed by atoms with Gasteiger partial charge in [-0.2, -0.15) is 0 Å². The summed E-state index contributed by atoms with van der Waals surface area (Å²) < 4.78 is 1.76. The van der Waals surface area contributed by atoms with Crippen molar-refractivity contribution in [2.24, 2.45) is 0 Å². The fourth-order valence-electron chi connectivity index (χ4n) is 1.78. The zero-order chi connectivity index (χ0) is 12.3. The van der Waals surface area contributed by atoms with Crippen LogP contribution in [-0.4, -0.2) is 22.0 Å². The Kier molecular flexibility index (Phi) is 5.41. The van der Waals surface area contributed by atoms with E-state index in [1.54, 1.807) is 0 Å². The fourth-order valence-corrected chi connectivity index (χ4v) is 2.99. The molecule has 0 aliphatic heterocycles. The average molecular weight is 350 g/mol. The average Bonchev–Trinajstić information content (AvgIpc) is 2.11. The van der Waals surface area contributed by atoms with Crippen LogP contribution in [0, 0.1) is 0 Å². The maximum atomic E-state index is 4.25. The lowest BCUT2D eigenvalue weighted by molar-refractivity contribution is 0.166. The van der Waals surface area contributed by atoms with Crippen LogP contribution in [0.2, 0.25) is 0 Å². The summed E-state index contributed by atoms with van der Waals surface area (Å²) in [4.78, 5) is 6.70. The van der Waals surface area contributed by atoms with Gasteiger partial charge in [0, 0.05) is 18.6 Å². The molecule has 0 aromatic carbocycles. The SMILES string of the molecule is CC(C)N(Cc1cc(Br)nc(Br)c1)C(C)C. The molecule has 0 atom stereocenters. The highest BCUT2D eigenvalue weighted by atomic mass is 79.9. The molecule has 0 aliphatic rings. The van der Waals surface area contributed by atoms with E-state index in [1.165, 1.54) is 5.56 Å². The van der Waals surface area contributed by atoms with E-state index in [9.17, 15) is 0 Å². The number of aromatic nitrogens is 1. The summed E-state index contributed by atoms with van der Waals surface area (Å²) in [7, 11) is 0. The molecule has 0 saturated carbocycles. The Morgan fingerprint density at radius 3 is 1.88 bits per heavy atom. The van der Waals surface area contributed by atoms with Gasteiger partial charge >= 0.3 is 0 Å². The van der Waals surface area contributed by atoms with E-state index in [2.05, 4.69) is 81.6 Å². The van der Waals surface area contributed by atoms with Gasteiger partial charge in [-0.15, -0.1) is 0 Å². The largest absolute Gasteiger partial charge is 0.294 e. The maximum Gasteiger partial charge on any atom is 0.107 e. The van der Waals surface area contributed by atoms with Crippen molar-refractivity contribution in [1.82, 2.24) is 9.88 Å². The topological polar surface area (TPSA) is 16.1 Å². The third-order valence-corrected chi connectivity index (χ3v) is 3.33. The Morgan fingerprint density at radius 2 is 1.50 bits per heavy atom. The summed E-state index contributed by atoms with van der Waals surface area (Å²) in [6.45, 7) is 9.86. The monoisotopic (exact) mass is 348 g/mol. The second-order valence-electron chi connectivity index (χ2n) is 4.48. The number of rotatable bonds is 4. The molecule has 0 bridgehead atoms. The Labute approximate surface area is 115 Å². The van der Waals surface area contributed by atoms with Gasteiger partial charge in [-0.25, -0.2) is 4.98 Å². The van der Waals surface area contributed by atoms with Gasteiger partial charge in [0.05, 0.1) is 0 Å². The van der Waals surface area contributed by atoms with Gasteiger partial charge in [-0.1, -0.05) is 0 Å². The quantitative estimate of drug-likeness (QED) is 0.756. The summed E-state index contributed by atoms with van der Waals surface area (Å²) in [6, 6.07) is 5.24. The molecule has 1 aromatic heterocycles. The molecule has 4 heteroatoms. The standard InChI is InChI=1S/C12H18Br2N2/c1-8(2)16(9(3)4)7-10-5-11(13)15-12(14)6-10/h5-6,8-9H,7H2,1-4H3. The van der Waals surface area contributed by atoms with Crippen LogP contribution in [0.25, 0.3) is 0 Å². The first-order valence-electron chi connectivity index (χ1n) is 5.48. The smallest absolute Gasteiger partial charge is 0.107 e. The molecule has 0 fully saturated rings. The Balaban J connectivity index is 2.85. The summed E-state index contributed by atoms with van der Waals surface area (Å²) >= 11 is 6.83. The predicted molar refractivity (Wildman–Crippen MR) is 75.5 cm³/mol. The van der Waals surface area contributed by atoms with E-state index < -0.39 is 0 Å². The number of hydrogen-bond donors (Lipinski definition) is 0. The molecular weight excluding hydrogens is 332 g/mol. The van der Waals surface area contributed by atoms with Crippen molar-refractivity contribution in [2.45, 2.75) is 46.3 Å². The second kappa shape index (κ2) is 6.12. The number of halogens is 2. The number of pyridine rings is 1.